The quantitative estimate of drug-likeness (QED) is 0.426. The lowest BCUT2D eigenvalue weighted by atomic mass is 10.1. The lowest BCUT2D eigenvalue weighted by Crippen LogP contribution is -2.30. The van der Waals surface area contributed by atoms with Crippen LogP contribution in [0.3, 0.4) is 0 Å². The van der Waals surface area contributed by atoms with E-state index in [9.17, 15) is 4.79 Å². The number of aryl methyl sites for hydroxylation is 1. The zero-order valence-corrected chi connectivity index (χ0v) is 16.5. The largest absolute Gasteiger partial charge is 0.497 e. The monoisotopic (exact) mass is 387 g/mol. The van der Waals surface area contributed by atoms with Gasteiger partial charge in [0.15, 0.2) is 0 Å². The first-order valence-corrected chi connectivity index (χ1v) is 9.57. The maximum atomic E-state index is 12.3. The molecule has 0 atom stereocenters. The first kappa shape index (κ1) is 20.1. The minimum absolute atomic E-state index is 0.0100. The van der Waals surface area contributed by atoms with Crippen LogP contribution in [0.25, 0.3) is 0 Å². The highest BCUT2D eigenvalue weighted by Gasteiger charge is 2.08. The van der Waals surface area contributed by atoms with Gasteiger partial charge in [0.05, 0.1) is 25.1 Å². The van der Waals surface area contributed by atoms with Gasteiger partial charge in [0.2, 0.25) is 5.91 Å². The number of para-hydroxylation sites is 1. The van der Waals surface area contributed by atoms with E-state index in [0.29, 0.717) is 19.4 Å². The predicted octanol–water partition coefficient (Wildman–Crippen LogP) is 4.26. The minimum atomic E-state index is -0.0100. The third-order valence-corrected chi connectivity index (χ3v) is 4.45. The fourth-order valence-corrected chi connectivity index (χ4v) is 2.80. The maximum absolute atomic E-state index is 12.3. The highest BCUT2D eigenvalue weighted by atomic mass is 16.5. The van der Waals surface area contributed by atoms with Crippen LogP contribution in [-0.4, -0.2) is 25.3 Å². The van der Waals surface area contributed by atoms with Crippen molar-refractivity contribution in [3.05, 3.63) is 96.1 Å². The Balaban J connectivity index is 1.57. The van der Waals surface area contributed by atoms with Crippen molar-refractivity contribution in [3.63, 3.8) is 0 Å². The number of ether oxygens (including phenoxy) is 1. The lowest BCUT2D eigenvalue weighted by molar-refractivity contribution is -0.120. The molecule has 0 unspecified atom stereocenters. The van der Waals surface area contributed by atoms with Crippen molar-refractivity contribution in [2.75, 3.05) is 19.1 Å². The Hall–Kier alpha value is -3.60. The van der Waals surface area contributed by atoms with Gasteiger partial charge in [-0.3, -0.25) is 10.2 Å². The van der Waals surface area contributed by atoms with E-state index in [1.807, 2.05) is 84.9 Å². The molecule has 2 N–H and O–H groups in total. The standard InChI is InChI=1S/C24H25N3O2/c1-29-22-15-12-19(13-16-22)14-17-24(28)25-18-23(20-8-4-2-5-9-20)27-26-21-10-6-3-7-11-21/h2-13,15-16,26H,14,17-18H2,1H3,(H,25,28)/b27-23-. The normalized spacial score (nSPS) is 11.0. The van der Waals surface area contributed by atoms with Crippen LogP contribution < -0.4 is 15.5 Å². The molecule has 0 aliphatic rings. The summed E-state index contributed by atoms with van der Waals surface area (Å²) in [4.78, 5) is 12.3. The van der Waals surface area contributed by atoms with Crippen LogP contribution in [0, 0.1) is 0 Å². The molecule has 0 heterocycles. The van der Waals surface area contributed by atoms with Gasteiger partial charge in [-0.15, -0.1) is 0 Å². The molecule has 0 radical (unpaired) electrons. The van der Waals surface area contributed by atoms with Crippen molar-refractivity contribution in [1.82, 2.24) is 5.32 Å². The van der Waals surface area contributed by atoms with Crippen molar-refractivity contribution >= 4 is 17.3 Å². The fourth-order valence-electron chi connectivity index (χ4n) is 2.80. The molecule has 3 aromatic rings. The minimum Gasteiger partial charge on any atom is -0.497 e. The summed E-state index contributed by atoms with van der Waals surface area (Å²) in [6.45, 7) is 0.352. The number of rotatable bonds is 9. The molecule has 0 aliphatic heterocycles. The summed E-state index contributed by atoms with van der Waals surface area (Å²) in [5.74, 6) is 0.803. The van der Waals surface area contributed by atoms with Gasteiger partial charge in [0.25, 0.3) is 0 Å². The Morgan fingerprint density at radius 3 is 2.21 bits per heavy atom. The topological polar surface area (TPSA) is 62.7 Å². The molecule has 148 valence electrons. The Morgan fingerprint density at radius 1 is 0.897 bits per heavy atom. The van der Waals surface area contributed by atoms with Gasteiger partial charge < -0.3 is 10.1 Å². The van der Waals surface area contributed by atoms with E-state index in [4.69, 9.17) is 4.74 Å². The number of amides is 1. The zero-order chi connectivity index (χ0) is 20.3. The van der Waals surface area contributed by atoms with Crippen LogP contribution >= 0.6 is 0 Å². The molecule has 29 heavy (non-hydrogen) atoms. The first-order chi connectivity index (χ1) is 14.2. The van der Waals surface area contributed by atoms with Gasteiger partial charge in [-0.2, -0.15) is 5.10 Å². The van der Waals surface area contributed by atoms with Crippen LogP contribution in [0.15, 0.2) is 90.0 Å². The van der Waals surface area contributed by atoms with E-state index >= 15 is 0 Å². The van der Waals surface area contributed by atoms with Gasteiger partial charge in [0.1, 0.15) is 5.75 Å². The molecule has 0 fully saturated rings. The van der Waals surface area contributed by atoms with Crippen LogP contribution in [0.4, 0.5) is 5.69 Å². The average Bonchev–Trinajstić information content (AvgIpc) is 2.79. The Kier molecular flexibility index (Phi) is 7.41. The molecular weight excluding hydrogens is 362 g/mol. The van der Waals surface area contributed by atoms with Crippen LogP contribution in [0.1, 0.15) is 17.5 Å². The first-order valence-electron chi connectivity index (χ1n) is 9.57. The second-order valence-corrected chi connectivity index (χ2v) is 6.53. The highest BCUT2D eigenvalue weighted by Crippen LogP contribution is 2.12. The van der Waals surface area contributed by atoms with E-state index in [0.717, 1.165) is 28.3 Å². The van der Waals surface area contributed by atoms with Crippen molar-refractivity contribution in [3.8, 4) is 5.75 Å². The van der Waals surface area contributed by atoms with E-state index in [1.54, 1.807) is 7.11 Å². The SMILES string of the molecule is COc1ccc(CCC(=O)NC/C(=N/Nc2ccccc2)c2ccccc2)cc1. The molecular formula is C24H25N3O2. The van der Waals surface area contributed by atoms with Crippen molar-refractivity contribution in [2.24, 2.45) is 5.10 Å². The fraction of sp³-hybridized carbons (Fsp3) is 0.167. The van der Waals surface area contributed by atoms with Crippen LogP contribution in [0.2, 0.25) is 0 Å². The molecule has 0 saturated carbocycles. The van der Waals surface area contributed by atoms with Crippen molar-refractivity contribution in [1.29, 1.82) is 0 Å². The maximum Gasteiger partial charge on any atom is 0.220 e. The van der Waals surface area contributed by atoms with Gasteiger partial charge >= 0.3 is 0 Å². The molecule has 3 rings (SSSR count). The molecule has 0 aliphatic carbocycles. The summed E-state index contributed by atoms with van der Waals surface area (Å²) >= 11 is 0. The van der Waals surface area contributed by atoms with E-state index in [1.165, 1.54) is 0 Å². The Bertz CT molecular complexity index is 923. The number of hydrogen-bond acceptors (Lipinski definition) is 4. The van der Waals surface area contributed by atoms with Crippen molar-refractivity contribution < 1.29 is 9.53 Å². The van der Waals surface area contributed by atoms with E-state index < -0.39 is 0 Å². The van der Waals surface area contributed by atoms with Crippen LogP contribution in [0.5, 0.6) is 5.75 Å². The Labute approximate surface area is 171 Å². The van der Waals surface area contributed by atoms with Gasteiger partial charge in [-0.05, 0) is 41.8 Å². The summed E-state index contributed by atoms with van der Waals surface area (Å²) in [7, 11) is 1.64. The number of carbonyl (C=O) groups is 1. The van der Waals surface area contributed by atoms with Crippen molar-refractivity contribution in [2.45, 2.75) is 12.8 Å². The number of benzene rings is 3. The highest BCUT2D eigenvalue weighted by molar-refractivity contribution is 6.03. The molecule has 3 aromatic carbocycles. The van der Waals surface area contributed by atoms with Gasteiger partial charge in [0, 0.05) is 6.42 Å². The molecule has 1 amide bonds. The molecule has 0 saturated heterocycles. The Morgan fingerprint density at radius 2 is 1.55 bits per heavy atom. The third-order valence-electron chi connectivity index (χ3n) is 4.45. The van der Waals surface area contributed by atoms with Gasteiger partial charge in [-0.25, -0.2) is 0 Å². The molecule has 0 spiro atoms. The molecule has 0 bridgehead atoms. The zero-order valence-electron chi connectivity index (χ0n) is 16.5. The summed E-state index contributed by atoms with van der Waals surface area (Å²) in [5.41, 5.74) is 6.79. The summed E-state index contributed by atoms with van der Waals surface area (Å²) in [6, 6.07) is 27.3. The second kappa shape index (κ2) is 10.7. The molecule has 5 heteroatoms. The smallest absolute Gasteiger partial charge is 0.220 e. The number of methoxy groups -OCH3 is 1. The number of hydrogen-bond donors (Lipinski definition) is 2. The molecule has 0 aromatic heterocycles. The number of nitrogens with zero attached hydrogens (tertiary/aromatic N) is 1. The number of nitrogens with one attached hydrogen (secondary N) is 2. The number of anilines is 1. The predicted molar refractivity (Wildman–Crippen MR) is 117 cm³/mol. The summed E-state index contributed by atoms with van der Waals surface area (Å²) < 4.78 is 5.16. The molecule has 5 nitrogen and oxygen atoms in total. The van der Waals surface area contributed by atoms with E-state index in [-0.39, 0.29) is 5.91 Å². The summed E-state index contributed by atoms with van der Waals surface area (Å²) in [6.07, 6.45) is 1.09. The third kappa shape index (κ3) is 6.50. The van der Waals surface area contributed by atoms with E-state index in [2.05, 4.69) is 15.8 Å². The second-order valence-electron chi connectivity index (χ2n) is 6.53. The lowest BCUT2D eigenvalue weighted by Gasteiger charge is -2.10. The number of carbonyl (C=O) groups excluding carboxylic acids is 1. The number of hydrazone groups is 1. The average molecular weight is 387 g/mol. The van der Waals surface area contributed by atoms with Crippen LogP contribution in [-0.2, 0) is 11.2 Å². The van der Waals surface area contributed by atoms with Gasteiger partial charge in [-0.1, -0.05) is 60.7 Å². The summed E-state index contributed by atoms with van der Waals surface area (Å²) in [5, 5.41) is 7.49.